The van der Waals surface area contributed by atoms with E-state index >= 15 is 0 Å². The number of esters is 1. The van der Waals surface area contributed by atoms with Gasteiger partial charge in [-0.3, -0.25) is 4.79 Å². The molecule has 2 aromatic rings. The topological polar surface area (TPSA) is 26.3 Å². The van der Waals surface area contributed by atoms with Gasteiger partial charge in [0.05, 0.1) is 7.11 Å². The van der Waals surface area contributed by atoms with E-state index in [0.717, 1.165) is 10.0 Å². The summed E-state index contributed by atoms with van der Waals surface area (Å²) in [7, 11) is 1.40. The maximum atomic E-state index is 11.3. The standard InChI is InChI=1S/C14H12Br2O2/c1-18-14(17)13(16)7-9-2-3-11-8-12(15)5-4-10(11)6-9/h2-6,8,13H,7H2,1H3. The lowest BCUT2D eigenvalue weighted by molar-refractivity contribution is -0.139. The van der Waals surface area contributed by atoms with E-state index in [-0.39, 0.29) is 10.8 Å². The van der Waals surface area contributed by atoms with Gasteiger partial charge in [-0.15, -0.1) is 0 Å². The third-order valence-electron chi connectivity index (χ3n) is 2.74. The van der Waals surface area contributed by atoms with Crippen molar-refractivity contribution < 1.29 is 9.53 Å². The molecule has 0 bridgehead atoms. The van der Waals surface area contributed by atoms with Gasteiger partial charge in [-0.1, -0.05) is 56.1 Å². The maximum Gasteiger partial charge on any atom is 0.319 e. The monoisotopic (exact) mass is 370 g/mol. The lowest BCUT2D eigenvalue weighted by Gasteiger charge is -2.08. The molecule has 0 spiro atoms. The van der Waals surface area contributed by atoms with Crippen molar-refractivity contribution in [1.82, 2.24) is 0 Å². The summed E-state index contributed by atoms with van der Waals surface area (Å²) >= 11 is 6.78. The Morgan fingerprint density at radius 3 is 2.61 bits per heavy atom. The van der Waals surface area contributed by atoms with Crippen LogP contribution in [0, 0.1) is 0 Å². The van der Waals surface area contributed by atoms with Gasteiger partial charge < -0.3 is 4.74 Å². The zero-order chi connectivity index (χ0) is 13.1. The number of hydrogen-bond acceptors (Lipinski definition) is 2. The Hall–Kier alpha value is -0.870. The molecule has 0 saturated carbocycles. The summed E-state index contributed by atoms with van der Waals surface area (Å²) in [5.74, 6) is -0.245. The Kier molecular flexibility index (Phi) is 4.40. The fourth-order valence-electron chi connectivity index (χ4n) is 1.81. The lowest BCUT2D eigenvalue weighted by Crippen LogP contribution is -2.17. The molecule has 0 aliphatic heterocycles. The second-order valence-corrected chi connectivity index (χ2v) is 6.04. The van der Waals surface area contributed by atoms with Crippen molar-refractivity contribution in [1.29, 1.82) is 0 Å². The highest BCUT2D eigenvalue weighted by atomic mass is 79.9. The van der Waals surface area contributed by atoms with Crippen LogP contribution in [0.15, 0.2) is 40.9 Å². The predicted molar refractivity (Wildman–Crippen MR) is 80.1 cm³/mol. The van der Waals surface area contributed by atoms with Crippen LogP contribution in [0.4, 0.5) is 0 Å². The third kappa shape index (κ3) is 3.12. The van der Waals surface area contributed by atoms with E-state index in [1.54, 1.807) is 0 Å². The van der Waals surface area contributed by atoms with Gasteiger partial charge in [0.15, 0.2) is 0 Å². The summed E-state index contributed by atoms with van der Waals surface area (Å²) in [6.07, 6.45) is 0.624. The van der Waals surface area contributed by atoms with Crippen molar-refractivity contribution in [3.63, 3.8) is 0 Å². The Bertz CT molecular complexity index is 581. The molecule has 94 valence electrons. The normalized spacial score (nSPS) is 12.4. The van der Waals surface area contributed by atoms with Gasteiger partial charge in [0.2, 0.25) is 0 Å². The number of fused-ring (bicyclic) bond motifs is 1. The van der Waals surface area contributed by atoms with Crippen LogP contribution in [0.3, 0.4) is 0 Å². The third-order valence-corrected chi connectivity index (χ3v) is 3.93. The molecule has 0 saturated heterocycles. The van der Waals surface area contributed by atoms with Gasteiger partial charge in [0, 0.05) is 4.47 Å². The molecule has 0 radical (unpaired) electrons. The Balaban J connectivity index is 2.25. The summed E-state index contributed by atoms with van der Waals surface area (Å²) in [6.45, 7) is 0. The van der Waals surface area contributed by atoms with Crippen molar-refractivity contribution in [2.45, 2.75) is 11.2 Å². The number of ether oxygens (including phenoxy) is 1. The van der Waals surface area contributed by atoms with Crippen LogP contribution < -0.4 is 0 Å². The molecule has 0 N–H and O–H groups in total. The lowest BCUT2D eigenvalue weighted by atomic mass is 10.0. The van der Waals surface area contributed by atoms with Crippen LogP contribution in [0.2, 0.25) is 0 Å². The molecular formula is C14H12Br2O2. The van der Waals surface area contributed by atoms with Crippen LogP contribution in [0.25, 0.3) is 10.8 Å². The fraction of sp³-hybridized carbons (Fsp3) is 0.214. The summed E-state index contributed by atoms with van der Waals surface area (Å²) in [5, 5.41) is 2.34. The molecule has 0 heterocycles. The number of carbonyl (C=O) groups excluding carboxylic acids is 1. The van der Waals surface area contributed by atoms with Crippen LogP contribution in [0.1, 0.15) is 5.56 Å². The first kappa shape index (κ1) is 13.6. The van der Waals surface area contributed by atoms with Gasteiger partial charge in [-0.05, 0) is 34.9 Å². The maximum absolute atomic E-state index is 11.3. The van der Waals surface area contributed by atoms with E-state index in [2.05, 4.69) is 56.1 Å². The number of alkyl halides is 1. The smallest absolute Gasteiger partial charge is 0.319 e. The second kappa shape index (κ2) is 5.85. The first-order chi connectivity index (χ1) is 8.60. The molecule has 2 rings (SSSR count). The van der Waals surface area contributed by atoms with Crippen molar-refractivity contribution in [2.24, 2.45) is 0 Å². The Labute approximate surface area is 123 Å². The van der Waals surface area contributed by atoms with Crippen LogP contribution in [-0.2, 0) is 16.0 Å². The highest BCUT2D eigenvalue weighted by molar-refractivity contribution is 9.10. The summed E-state index contributed by atoms with van der Waals surface area (Å²) in [4.78, 5) is 11.1. The van der Waals surface area contributed by atoms with Gasteiger partial charge in [0.25, 0.3) is 0 Å². The average Bonchev–Trinajstić information content (AvgIpc) is 2.38. The van der Waals surface area contributed by atoms with E-state index in [9.17, 15) is 4.79 Å². The largest absolute Gasteiger partial charge is 0.468 e. The van der Waals surface area contributed by atoms with E-state index in [1.807, 2.05) is 12.1 Å². The number of benzene rings is 2. The quantitative estimate of drug-likeness (QED) is 0.600. The minimum absolute atomic E-state index is 0.245. The van der Waals surface area contributed by atoms with Gasteiger partial charge >= 0.3 is 5.97 Å². The summed E-state index contributed by atoms with van der Waals surface area (Å²) < 4.78 is 5.76. The van der Waals surface area contributed by atoms with E-state index in [4.69, 9.17) is 4.74 Å². The zero-order valence-electron chi connectivity index (χ0n) is 9.82. The molecule has 0 aliphatic carbocycles. The summed E-state index contributed by atoms with van der Waals surface area (Å²) in [5.41, 5.74) is 1.11. The van der Waals surface area contributed by atoms with Crippen LogP contribution in [0.5, 0.6) is 0 Å². The van der Waals surface area contributed by atoms with Crippen LogP contribution in [-0.4, -0.2) is 17.9 Å². The molecule has 2 nitrogen and oxygen atoms in total. The molecule has 0 fully saturated rings. The molecular weight excluding hydrogens is 360 g/mol. The average molecular weight is 372 g/mol. The van der Waals surface area contributed by atoms with Crippen molar-refractivity contribution in [3.05, 3.63) is 46.4 Å². The minimum atomic E-state index is -0.296. The molecule has 18 heavy (non-hydrogen) atoms. The number of carbonyl (C=O) groups is 1. The predicted octanol–water partition coefficient (Wildman–Crippen LogP) is 4.08. The van der Waals surface area contributed by atoms with E-state index in [0.29, 0.717) is 6.42 Å². The molecule has 4 heteroatoms. The minimum Gasteiger partial charge on any atom is -0.468 e. The second-order valence-electron chi connectivity index (χ2n) is 4.02. The van der Waals surface area contributed by atoms with Crippen LogP contribution >= 0.6 is 31.9 Å². The van der Waals surface area contributed by atoms with Crippen molar-refractivity contribution >= 4 is 48.6 Å². The van der Waals surface area contributed by atoms with Gasteiger partial charge in [-0.2, -0.15) is 0 Å². The highest BCUT2D eigenvalue weighted by Gasteiger charge is 2.15. The number of hydrogen-bond donors (Lipinski definition) is 0. The molecule has 1 atom stereocenters. The van der Waals surface area contributed by atoms with Crippen molar-refractivity contribution in [2.75, 3.05) is 7.11 Å². The zero-order valence-corrected chi connectivity index (χ0v) is 13.0. The Morgan fingerprint density at radius 1 is 1.22 bits per heavy atom. The molecule has 0 aliphatic rings. The van der Waals surface area contributed by atoms with E-state index in [1.165, 1.54) is 17.9 Å². The number of rotatable bonds is 3. The Morgan fingerprint density at radius 2 is 1.89 bits per heavy atom. The molecule has 1 unspecified atom stereocenters. The first-order valence-electron chi connectivity index (χ1n) is 5.50. The molecule has 0 amide bonds. The van der Waals surface area contributed by atoms with Crippen molar-refractivity contribution in [3.8, 4) is 0 Å². The highest BCUT2D eigenvalue weighted by Crippen LogP contribution is 2.22. The van der Waals surface area contributed by atoms with Gasteiger partial charge in [0.1, 0.15) is 4.83 Å². The number of methoxy groups -OCH3 is 1. The molecule has 2 aromatic carbocycles. The SMILES string of the molecule is COC(=O)C(Br)Cc1ccc2cc(Br)ccc2c1. The number of halogens is 2. The fourth-order valence-corrected chi connectivity index (χ4v) is 2.75. The van der Waals surface area contributed by atoms with Gasteiger partial charge in [-0.25, -0.2) is 0 Å². The van der Waals surface area contributed by atoms with E-state index < -0.39 is 0 Å². The summed E-state index contributed by atoms with van der Waals surface area (Å²) in [6, 6.07) is 12.3. The first-order valence-corrected chi connectivity index (χ1v) is 7.21. The molecule has 0 aromatic heterocycles.